The van der Waals surface area contributed by atoms with Crippen molar-refractivity contribution in [2.75, 3.05) is 12.0 Å². The molecule has 0 saturated heterocycles. The van der Waals surface area contributed by atoms with E-state index in [9.17, 15) is 9.59 Å². The molecule has 0 aliphatic carbocycles. The number of methoxy groups -OCH3 is 1. The molecular weight excluding hydrogens is 356 g/mol. The molecule has 2 amide bonds. The summed E-state index contributed by atoms with van der Waals surface area (Å²) in [7, 11) is 1.60. The Balaban J connectivity index is 1.56. The molecule has 28 heavy (non-hydrogen) atoms. The SMILES string of the molecule is COc1cccc(-c2nc3ccc(N4C(=O)c5ccccc5C4=O)cc3o2)c1. The number of nitrogens with zero attached hydrogens (tertiary/aromatic N) is 2. The Morgan fingerprint density at radius 1 is 0.893 bits per heavy atom. The molecule has 2 heterocycles. The standard InChI is InChI=1S/C22H14N2O4/c1-27-15-6-4-5-13(11-15)20-23-18-10-9-14(12-19(18)28-20)24-21(25)16-7-2-3-8-17(16)22(24)26/h2-12H,1H3. The lowest BCUT2D eigenvalue weighted by atomic mass is 10.1. The maximum absolute atomic E-state index is 12.7. The van der Waals surface area contributed by atoms with E-state index >= 15 is 0 Å². The van der Waals surface area contributed by atoms with Crippen molar-refractivity contribution in [3.63, 3.8) is 0 Å². The quantitative estimate of drug-likeness (QED) is 0.503. The number of rotatable bonds is 3. The van der Waals surface area contributed by atoms with Crippen LogP contribution in [0.15, 0.2) is 71.1 Å². The summed E-state index contributed by atoms with van der Waals surface area (Å²) in [4.78, 5) is 31.0. The predicted molar refractivity (Wildman–Crippen MR) is 104 cm³/mol. The van der Waals surface area contributed by atoms with E-state index in [1.165, 1.54) is 0 Å². The van der Waals surface area contributed by atoms with Gasteiger partial charge in [0.2, 0.25) is 5.89 Å². The summed E-state index contributed by atoms with van der Waals surface area (Å²) >= 11 is 0. The van der Waals surface area contributed by atoms with Crippen molar-refractivity contribution in [2.45, 2.75) is 0 Å². The number of aromatic nitrogens is 1. The topological polar surface area (TPSA) is 72.6 Å². The molecule has 6 nitrogen and oxygen atoms in total. The van der Waals surface area contributed by atoms with E-state index in [0.717, 1.165) is 10.5 Å². The molecule has 0 fully saturated rings. The second-order valence-corrected chi connectivity index (χ2v) is 6.39. The number of hydrogen-bond acceptors (Lipinski definition) is 5. The number of imide groups is 1. The van der Waals surface area contributed by atoms with Gasteiger partial charge in [-0.1, -0.05) is 18.2 Å². The number of benzene rings is 3. The highest BCUT2D eigenvalue weighted by atomic mass is 16.5. The van der Waals surface area contributed by atoms with Gasteiger partial charge >= 0.3 is 0 Å². The molecule has 0 radical (unpaired) electrons. The van der Waals surface area contributed by atoms with E-state index in [1.807, 2.05) is 24.3 Å². The molecular formula is C22H14N2O4. The summed E-state index contributed by atoms with van der Waals surface area (Å²) in [6.07, 6.45) is 0. The van der Waals surface area contributed by atoms with E-state index in [-0.39, 0.29) is 11.8 Å². The van der Waals surface area contributed by atoms with Gasteiger partial charge in [0.05, 0.1) is 23.9 Å². The zero-order chi connectivity index (χ0) is 19.3. The normalized spacial score (nSPS) is 13.2. The van der Waals surface area contributed by atoms with Crippen LogP contribution >= 0.6 is 0 Å². The lowest BCUT2D eigenvalue weighted by Crippen LogP contribution is -2.29. The van der Waals surface area contributed by atoms with Crippen LogP contribution in [0.1, 0.15) is 20.7 Å². The van der Waals surface area contributed by atoms with Crippen molar-refractivity contribution in [2.24, 2.45) is 0 Å². The minimum atomic E-state index is -0.340. The van der Waals surface area contributed by atoms with E-state index < -0.39 is 0 Å². The Morgan fingerprint density at radius 2 is 1.64 bits per heavy atom. The van der Waals surface area contributed by atoms with Crippen LogP contribution in [0.3, 0.4) is 0 Å². The Labute approximate surface area is 160 Å². The second kappa shape index (κ2) is 6.06. The minimum absolute atomic E-state index is 0.340. The van der Waals surface area contributed by atoms with Crippen LogP contribution in [-0.4, -0.2) is 23.9 Å². The van der Waals surface area contributed by atoms with E-state index in [2.05, 4.69) is 4.98 Å². The van der Waals surface area contributed by atoms with Crippen LogP contribution in [0.5, 0.6) is 5.75 Å². The Kier molecular flexibility index (Phi) is 3.52. The number of amides is 2. The molecule has 0 spiro atoms. The average molecular weight is 370 g/mol. The first-order chi connectivity index (χ1) is 13.7. The molecule has 1 aliphatic heterocycles. The van der Waals surface area contributed by atoms with Gasteiger partial charge in [0, 0.05) is 11.6 Å². The molecule has 0 N–H and O–H groups in total. The summed E-state index contributed by atoms with van der Waals surface area (Å²) in [5, 5.41) is 0. The molecule has 1 aliphatic rings. The largest absolute Gasteiger partial charge is 0.497 e. The Hall–Kier alpha value is -3.93. The number of carbonyl (C=O) groups is 2. The third kappa shape index (κ3) is 2.39. The van der Waals surface area contributed by atoms with Gasteiger partial charge in [-0.15, -0.1) is 0 Å². The molecule has 6 heteroatoms. The van der Waals surface area contributed by atoms with Crippen LogP contribution in [0.4, 0.5) is 5.69 Å². The molecule has 0 saturated carbocycles. The first-order valence-electron chi connectivity index (χ1n) is 8.68. The summed E-state index contributed by atoms with van der Waals surface area (Å²) in [5.74, 6) is 0.458. The fourth-order valence-corrected chi connectivity index (χ4v) is 3.36. The maximum Gasteiger partial charge on any atom is 0.266 e. The molecule has 5 rings (SSSR count). The number of fused-ring (bicyclic) bond motifs is 2. The number of ether oxygens (including phenoxy) is 1. The summed E-state index contributed by atoms with van der Waals surface area (Å²) < 4.78 is 11.1. The zero-order valence-electron chi connectivity index (χ0n) is 14.9. The molecule has 0 atom stereocenters. The first-order valence-corrected chi connectivity index (χ1v) is 8.68. The zero-order valence-corrected chi connectivity index (χ0v) is 14.9. The van der Waals surface area contributed by atoms with Gasteiger partial charge in [-0.05, 0) is 42.5 Å². The second-order valence-electron chi connectivity index (χ2n) is 6.39. The van der Waals surface area contributed by atoms with Crippen molar-refractivity contribution in [3.8, 4) is 17.2 Å². The molecule has 0 bridgehead atoms. The van der Waals surface area contributed by atoms with Crippen LogP contribution < -0.4 is 9.64 Å². The van der Waals surface area contributed by atoms with Crippen LogP contribution in [0.25, 0.3) is 22.6 Å². The van der Waals surface area contributed by atoms with Crippen molar-refractivity contribution in [3.05, 3.63) is 77.9 Å². The smallest absolute Gasteiger partial charge is 0.266 e. The highest BCUT2D eigenvalue weighted by Gasteiger charge is 2.36. The van der Waals surface area contributed by atoms with Gasteiger partial charge in [0.15, 0.2) is 5.58 Å². The summed E-state index contributed by atoms with van der Waals surface area (Å²) in [6, 6.07) is 19.3. The number of hydrogen-bond donors (Lipinski definition) is 0. The van der Waals surface area contributed by atoms with Gasteiger partial charge < -0.3 is 9.15 Å². The van der Waals surface area contributed by atoms with Gasteiger partial charge in [0.1, 0.15) is 11.3 Å². The fourth-order valence-electron chi connectivity index (χ4n) is 3.36. The van der Waals surface area contributed by atoms with E-state index in [1.54, 1.807) is 49.6 Å². The average Bonchev–Trinajstić information content (AvgIpc) is 3.27. The highest BCUT2D eigenvalue weighted by molar-refractivity contribution is 6.34. The van der Waals surface area contributed by atoms with Crippen molar-refractivity contribution in [1.82, 2.24) is 4.98 Å². The minimum Gasteiger partial charge on any atom is -0.497 e. The van der Waals surface area contributed by atoms with Gasteiger partial charge in [-0.25, -0.2) is 9.88 Å². The van der Waals surface area contributed by atoms with Gasteiger partial charge in [-0.2, -0.15) is 0 Å². The number of oxazole rings is 1. The van der Waals surface area contributed by atoms with Crippen molar-refractivity contribution >= 4 is 28.6 Å². The monoisotopic (exact) mass is 370 g/mol. The molecule has 136 valence electrons. The van der Waals surface area contributed by atoms with Crippen LogP contribution in [-0.2, 0) is 0 Å². The Morgan fingerprint density at radius 3 is 2.36 bits per heavy atom. The van der Waals surface area contributed by atoms with Gasteiger partial charge in [0.25, 0.3) is 11.8 Å². The predicted octanol–water partition coefficient (Wildman–Crippen LogP) is 4.30. The third-order valence-electron chi connectivity index (χ3n) is 4.74. The van der Waals surface area contributed by atoms with Gasteiger partial charge in [-0.3, -0.25) is 9.59 Å². The van der Waals surface area contributed by atoms with E-state index in [0.29, 0.717) is 39.6 Å². The van der Waals surface area contributed by atoms with Crippen LogP contribution in [0.2, 0.25) is 0 Å². The number of carbonyl (C=O) groups excluding carboxylic acids is 2. The summed E-state index contributed by atoms with van der Waals surface area (Å²) in [6.45, 7) is 0. The first kappa shape index (κ1) is 16.3. The maximum atomic E-state index is 12.7. The Bertz CT molecular complexity index is 1220. The van der Waals surface area contributed by atoms with Crippen molar-refractivity contribution < 1.29 is 18.7 Å². The number of anilines is 1. The van der Waals surface area contributed by atoms with E-state index in [4.69, 9.17) is 9.15 Å². The van der Waals surface area contributed by atoms with Crippen LogP contribution in [0, 0.1) is 0 Å². The molecule has 3 aromatic carbocycles. The third-order valence-corrected chi connectivity index (χ3v) is 4.74. The molecule has 0 unspecified atom stereocenters. The lowest BCUT2D eigenvalue weighted by Gasteiger charge is -2.13. The lowest BCUT2D eigenvalue weighted by molar-refractivity contribution is 0.0926. The highest BCUT2D eigenvalue weighted by Crippen LogP contribution is 2.32. The molecule has 1 aromatic heterocycles. The van der Waals surface area contributed by atoms with Crippen molar-refractivity contribution in [1.29, 1.82) is 0 Å². The fraction of sp³-hybridized carbons (Fsp3) is 0.0455. The molecule has 4 aromatic rings. The summed E-state index contributed by atoms with van der Waals surface area (Å²) in [5.41, 5.74) is 3.17.